The predicted octanol–water partition coefficient (Wildman–Crippen LogP) is 2.43. The lowest BCUT2D eigenvalue weighted by Gasteiger charge is -2.07. The second-order valence-corrected chi connectivity index (χ2v) is 4.39. The number of halogens is 1. The molecule has 2 aromatic heterocycles. The highest BCUT2D eigenvalue weighted by Crippen LogP contribution is 2.22. The van der Waals surface area contributed by atoms with Crippen LogP contribution in [0.5, 0.6) is 0 Å². The summed E-state index contributed by atoms with van der Waals surface area (Å²) in [7, 11) is 0. The number of rotatable bonds is 4. The van der Waals surface area contributed by atoms with Gasteiger partial charge in [-0.25, -0.2) is 9.97 Å². The van der Waals surface area contributed by atoms with Crippen LogP contribution in [0.1, 0.15) is 5.56 Å². The van der Waals surface area contributed by atoms with E-state index in [-0.39, 0.29) is 0 Å². The standard InChI is InChI=1S/C10H11ClN4S/c11-8-9(12)14-6-15-10(8)13-3-1-7-2-4-16-5-7/h2,4-6H,1,3H2,(H3,12,13,14,15). The van der Waals surface area contributed by atoms with Gasteiger partial charge in [-0.2, -0.15) is 11.3 Å². The highest BCUT2D eigenvalue weighted by Gasteiger charge is 2.05. The van der Waals surface area contributed by atoms with Gasteiger partial charge >= 0.3 is 0 Å². The Morgan fingerprint density at radius 2 is 2.31 bits per heavy atom. The maximum atomic E-state index is 5.94. The molecule has 0 amide bonds. The Hall–Kier alpha value is -1.33. The maximum absolute atomic E-state index is 5.94. The van der Waals surface area contributed by atoms with E-state index < -0.39 is 0 Å². The minimum atomic E-state index is 0.301. The zero-order valence-corrected chi connectivity index (χ0v) is 10.1. The molecule has 0 unspecified atom stereocenters. The number of nitrogens with zero attached hydrogens (tertiary/aromatic N) is 2. The van der Waals surface area contributed by atoms with Gasteiger partial charge in [-0.3, -0.25) is 0 Å². The van der Waals surface area contributed by atoms with Gasteiger partial charge in [-0.15, -0.1) is 0 Å². The highest BCUT2D eigenvalue weighted by atomic mass is 35.5. The summed E-state index contributed by atoms with van der Waals surface area (Å²) in [5.74, 6) is 0.888. The summed E-state index contributed by atoms with van der Waals surface area (Å²) in [5.41, 5.74) is 6.87. The van der Waals surface area contributed by atoms with Gasteiger partial charge in [0.05, 0.1) is 0 Å². The molecule has 0 aliphatic rings. The van der Waals surface area contributed by atoms with E-state index in [1.54, 1.807) is 11.3 Å². The van der Waals surface area contributed by atoms with Crippen LogP contribution >= 0.6 is 22.9 Å². The van der Waals surface area contributed by atoms with Gasteiger partial charge in [0.15, 0.2) is 0 Å². The van der Waals surface area contributed by atoms with Crippen molar-refractivity contribution in [3.63, 3.8) is 0 Å². The second kappa shape index (κ2) is 5.14. The fourth-order valence-corrected chi connectivity index (χ4v) is 2.13. The van der Waals surface area contributed by atoms with E-state index in [4.69, 9.17) is 17.3 Å². The quantitative estimate of drug-likeness (QED) is 0.880. The van der Waals surface area contributed by atoms with E-state index in [1.807, 2.05) is 0 Å². The predicted molar refractivity (Wildman–Crippen MR) is 68.0 cm³/mol. The Kier molecular flexibility index (Phi) is 3.58. The van der Waals surface area contributed by atoms with Crippen LogP contribution in [-0.2, 0) is 6.42 Å². The molecule has 6 heteroatoms. The maximum Gasteiger partial charge on any atom is 0.150 e. The van der Waals surface area contributed by atoms with Crippen molar-refractivity contribution in [3.05, 3.63) is 33.7 Å². The van der Waals surface area contributed by atoms with Gasteiger partial charge in [0, 0.05) is 6.54 Å². The molecular formula is C10H11ClN4S. The minimum absolute atomic E-state index is 0.301. The number of nitrogens with two attached hydrogens (primary N) is 1. The molecule has 0 aliphatic heterocycles. The average Bonchev–Trinajstić information content (AvgIpc) is 2.77. The van der Waals surface area contributed by atoms with Crippen molar-refractivity contribution in [3.8, 4) is 0 Å². The molecule has 4 nitrogen and oxygen atoms in total. The number of hydrogen-bond acceptors (Lipinski definition) is 5. The molecule has 0 bridgehead atoms. The summed E-state index contributed by atoms with van der Waals surface area (Å²) in [4.78, 5) is 7.82. The van der Waals surface area contributed by atoms with Crippen LogP contribution in [0.25, 0.3) is 0 Å². The number of hydrogen-bond donors (Lipinski definition) is 2. The topological polar surface area (TPSA) is 63.8 Å². The molecule has 0 fully saturated rings. The number of nitrogen functional groups attached to an aromatic ring is 1. The number of anilines is 2. The first kappa shape index (κ1) is 11.2. The van der Waals surface area contributed by atoms with Gasteiger partial charge in [0.1, 0.15) is 23.0 Å². The molecule has 2 aromatic rings. The van der Waals surface area contributed by atoms with Gasteiger partial charge in [0.2, 0.25) is 0 Å². The normalized spacial score (nSPS) is 10.3. The summed E-state index contributed by atoms with van der Waals surface area (Å²) < 4.78 is 0. The van der Waals surface area contributed by atoms with E-state index >= 15 is 0 Å². The van der Waals surface area contributed by atoms with Crippen LogP contribution in [0.2, 0.25) is 5.02 Å². The van der Waals surface area contributed by atoms with E-state index in [9.17, 15) is 0 Å². The van der Waals surface area contributed by atoms with Crippen molar-refractivity contribution in [1.82, 2.24) is 9.97 Å². The van der Waals surface area contributed by atoms with Crippen molar-refractivity contribution in [1.29, 1.82) is 0 Å². The van der Waals surface area contributed by atoms with E-state index in [0.717, 1.165) is 13.0 Å². The van der Waals surface area contributed by atoms with Gasteiger partial charge in [0.25, 0.3) is 0 Å². The monoisotopic (exact) mass is 254 g/mol. The van der Waals surface area contributed by atoms with Crippen LogP contribution in [0.4, 0.5) is 11.6 Å². The summed E-state index contributed by atoms with van der Waals surface area (Å²) in [5, 5.41) is 7.70. The van der Waals surface area contributed by atoms with Crippen LogP contribution in [-0.4, -0.2) is 16.5 Å². The molecule has 2 rings (SSSR count). The van der Waals surface area contributed by atoms with Crippen molar-refractivity contribution in [2.24, 2.45) is 0 Å². The second-order valence-electron chi connectivity index (χ2n) is 3.23. The van der Waals surface area contributed by atoms with Crippen molar-refractivity contribution in [2.75, 3.05) is 17.6 Å². The highest BCUT2D eigenvalue weighted by molar-refractivity contribution is 7.07. The van der Waals surface area contributed by atoms with E-state index in [2.05, 4.69) is 32.1 Å². The Balaban J connectivity index is 1.92. The van der Waals surface area contributed by atoms with Crippen LogP contribution < -0.4 is 11.1 Å². The summed E-state index contributed by atoms with van der Waals surface area (Å²) in [6.45, 7) is 0.771. The number of aromatic nitrogens is 2. The molecule has 0 radical (unpaired) electrons. The smallest absolute Gasteiger partial charge is 0.150 e. The Bertz CT molecular complexity index is 458. The lowest BCUT2D eigenvalue weighted by Crippen LogP contribution is -2.07. The Labute approximate surface area is 102 Å². The molecule has 16 heavy (non-hydrogen) atoms. The summed E-state index contributed by atoms with van der Waals surface area (Å²) >= 11 is 7.64. The van der Waals surface area contributed by atoms with Crippen LogP contribution in [0.15, 0.2) is 23.2 Å². The lowest BCUT2D eigenvalue weighted by atomic mass is 10.2. The fraction of sp³-hybridized carbons (Fsp3) is 0.200. The molecule has 0 spiro atoms. The summed E-state index contributed by atoms with van der Waals surface area (Å²) in [6, 6.07) is 2.10. The first-order valence-electron chi connectivity index (χ1n) is 4.78. The third-order valence-electron chi connectivity index (χ3n) is 2.10. The number of thiophene rings is 1. The van der Waals surface area contributed by atoms with Gasteiger partial charge in [-0.1, -0.05) is 11.6 Å². The molecule has 0 saturated carbocycles. The first-order chi connectivity index (χ1) is 7.77. The molecule has 0 aromatic carbocycles. The molecule has 2 heterocycles. The molecule has 0 aliphatic carbocycles. The van der Waals surface area contributed by atoms with Crippen LogP contribution in [0, 0.1) is 0 Å². The molecule has 0 atom stereocenters. The van der Waals surface area contributed by atoms with Crippen molar-refractivity contribution >= 4 is 34.6 Å². The fourth-order valence-electron chi connectivity index (χ4n) is 1.27. The van der Waals surface area contributed by atoms with Gasteiger partial charge < -0.3 is 11.1 Å². The molecule has 3 N–H and O–H groups in total. The zero-order chi connectivity index (χ0) is 11.4. The molecule has 84 valence electrons. The molecular weight excluding hydrogens is 244 g/mol. The third-order valence-corrected chi connectivity index (χ3v) is 3.21. The Morgan fingerprint density at radius 3 is 3.06 bits per heavy atom. The SMILES string of the molecule is Nc1ncnc(NCCc2ccsc2)c1Cl. The van der Waals surface area contributed by atoms with E-state index in [1.165, 1.54) is 11.9 Å². The lowest BCUT2D eigenvalue weighted by molar-refractivity contribution is 1.01. The zero-order valence-electron chi connectivity index (χ0n) is 8.48. The minimum Gasteiger partial charge on any atom is -0.382 e. The summed E-state index contributed by atoms with van der Waals surface area (Å²) in [6.07, 6.45) is 2.33. The van der Waals surface area contributed by atoms with E-state index in [0.29, 0.717) is 16.7 Å². The third kappa shape index (κ3) is 2.62. The van der Waals surface area contributed by atoms with Crippen molar-refractivity contribution in [2.45, 2.75) is 6.42 Å². The van der Waals surface area contributed by atoms with Crippen molar-refractivity contribution < 1.29 is 0 Å². The van der Waals surface area contributed by atoms with Gasteiger partial charge in [-0.05, 0) is 28.8 Å². The largest absolute Gasteiger partial charge is 0.382 e. The Morgan fingerprint density at radius 1 is 1.44 bits per heavy atom. The van der Waals surface area contributed by atoms with Crippen LogP contribution in [0.3, 0.4) is 0 Å². The molecule has 0 saturated heterocycles. The average molecular weight is 255 g/mol. The number of nitrogens with one attached hydrogen (secondary N) is 1. The first-order valence-corrected chi connectivity index (χ1v) is 6.10.